The van der Waals surface area contributed by atoms with Crippen molar-refractivity contribution in [1.29, 1.82) is 0 Å². The van der Waals surface area contributed by atoms with Gasteiger partial charge in [-0.25, -0.2) is 4.98 Å². The van der Waals surface area contributed by atoms with Crippen molar-refractivity contribution in [3.8, 4) is 0 Å². The maximum Gasteiger partial charge on any atom is 0.305 e. The molecule has 0 aliphatic rings. The van der Waals surface area contributed by atoms with Crippen LogP contribution in [-0.4, -0.2) is 18.1 Å². The summed E-state index contributed by atoms with van der Waals surface area (Å²) in [5.41, 5.74) is 6.58. The average molecular weight is 214 g/mol. The molecule has 0 aliphatic heterocycles. The molecule has 0 bridgehead atoms. The summed E-state index contributed by atoms with van der Waals surface area (Å²) < 4.78 is 4.54. The van der Waals surface area contributed by atoms with Crippen LogP contribution in [0.3, 0.4) is 0 Å². The summed E-state index contributed by atoms with van der Waals surface area (Å²) in [5.74, 6) is -0.208. The van der Waals surface area contributed by atoms with Crippen LogP contribution in [0, 0.1) is 0 Å². The Kier molecular flexibility index (Phi) is 4.03. The monoisotopic (exact) mass is 214 g/mol. The Morgan fingerprint density at radius 1 is 1.79 bits per heavy atom. The van der Waals surface area contributed by atoms with Crippen molar-refractivity contribution in [3.63, 3.8) is 0 Å². The Labute approximate surface area is 87.1 Å². The standard InChI is InChI=1S/C9H14N2O2S/c1-6(10)9-11-7(5-14-9)3-4-8(12)13-2/h5-6H,3-4,10H2,1-2H3. The van der Waals surface area contributed by atoms with Crippen LogP contribution in [-0.2, 0) is 16.0 Å². The van der Waals surface area contributed by atoms with Gasteiger partial charge in [-0.1, -0.05) is 0 Å². The van der Waals surface area contributed by atoms with Crippen LogP contribution in [0.1, 0.15) is 30.1 Å². The van der Waals surface area contributed by atoms with Gasteiger partial charge in [-0.15, -0.1) is 11.3 Å². The first-order valence-corrected chi connectivity index (χ1v) is 5.28. The summed E-state index contributed by atoms with van der Waals surface area (Å²) in [7, 11) is 1.39. The summed E-state index contributed by atoms with van der Waals surface area (Å²) in [6.07, 6.45) is 0.995. The van der Waals surface area contributed by atoms with Crippen molar-refractivity contribution in [2.24, 2.45) is 5.73 Å². The Morgan fingerprint density at radius 2 is 2.50 bits per heavy atom. The molecule has 0 aliphatic carbocycles. The molecule has 0 radical (unpaired) electrons. The van der Waals surface area contributed by atoms with Gasteiger partial charge in [-0.05, 0) is 6.92 Å². The third-order valence-corrected chi connectivity index (χ3v) is 2.87. The molecule has 0 amide bonds. The molecule has 14 heavy (non-hydrogen) atoms. The van der Waals surface area contributed by atoms with Crippen molar-refractivity contribution in [3.05, 3.63) is 16.1 Å². The Bertz CT molecular complexity index is 310. The van der Waals surface area contributed by atoms with E-state index in [-0.39, 0.29) is 12.0 Å². The number of aromatic nitrogens is 1. The fourth-order valence-corrected chi connectivity index (χ4v) is 1.79. The minimum atomic E-state index is -0.208. The van der Waals surface area contributed by atoms with Gasteiger partial charge in [0, 0.05) is 11.8 Å². The predicted octanol–water partition coefficient (Wildman–Crippen LogP) is 1.27. The van der Waals surface area contributed by atoms with E-state index in [2.05, 4.69) is 9.72 Å². The van der Waals surface area contributed by atoms with Gasteiger partial charge in [0.05, 0.1) is 25.3 Å². The van der Waals surface area contributed by atoms with Crippen molar-refractivity contribution in [1.82, 2.24) is 4.98 Å². The molecule has 1 aromatic heterocycles. The van der Waals surface area contributed by atoms with Crippen molar-refractivity contribution in [2.75, 3.05) is 7.11 Å². The highest BCUT2D eigenvalue weighted by Gasteiger charge is 2.07. The number of hydrogen-bond donors (Lipinski definition) is 1. The maximum absolute atomic E-state index is 10.9. The maximum atomic E-state index is 10.9. The molecule has 1 heterocycles. The van der Waals surface area contributed by atoms with Gasteiger partial charge >= 0.3 is 5.97 Å². The van der Waals surface area contributed by atoms with Gasteiger partial charge in [-0.3, -0.25) is 4.79 Å². The van der Waals surface area contributed by atoms with E-state index in [1.165, 1.54) is 18.4 Å². The molecular weight excluding hydrogens is 200 g/mol. The van der Waals surface area contributed by atoms with Crippen LogP contribution in [0.2, 0.25) is 0 Å². The number of methoxy groups -OCH3 is 1. The van der Waals surface area contributed by atoms with Gasteiger partial charge in [0.15, 0.2) is 0 Å². The number of carbonyl (C=O) groups excluding carboxylic acids is 1. The number of thiazole rings is 1. The number of nitrogens with two attached hydrogens (primary N) is 1. The Morgan fingerprint density at radius 3 is 3.00 bits per heavy atom. The third-order valence-electron chi connectivity index (χ3n) is 1.77. The van der Waals surface area contributed by atoms with E-state index < -0.39 is 0 Å². The van der Waals surface area contributed by atoms with Gasteiger partial charge in [0.2, 0.25) is 0 Å². The lowest BCUT2D eigenvalue weighted by Gasteiger charge is -1.98. The minimum absolute atomic E-state index is 0.0353. The Balaban J connectivity index is 2.48. The van der Waals surface area contributed by atoms with E-state index in [1.54, 1.807) is 0 Å². The second-order valence-corrected chi connectivity index (χ2v) is 3.93. The van der Waals surface area contributed by atoms with Crippen LogP contribution in [0.15, 0.2) is 5.38 Å². The van der Waals surface area contributed by atoms with Crippen LogP contribution >= 0.6 is 11.3 Å². The zero-order valence-corrected chi connectivity index (χ0v) is 9.13. The minimum Gasteiger partial charge on any atom is -0.469 e. The zero-order valence-electron chi connectivity index (χ0n) is 8.32. The number of esters is 1. The van der Waals surface area contributed by atoms with Crippen LogP contribution in [0.25, 0.3) is 0 Å². The summed E-state index contributed by atoms with van der Waals surface area (Å²) >= 11 is 1.53. The first kappa shape index (κ1) is 11.1. The zero-order chi connectivity index (χ0) is 10.6. The highest BCUT2D eigenvalue weighted by Crippen LogP contribution is 2.16. The average Bonchev–Trinajstić information content (AvgIpc) is 2.62. The van der Waals surface area contributed by atoms with E-state index in [4.69, 9.17) is 5.73 Å². The first-order valence-electron chi connectivity index (χ1n) is 4.40. The molecule has 1 aromatic rings. The van der Waals surface area contributed by atoms with E-state index in [0.29, 0.717) is 12.8 Å². The largest absolute Gasteiger partial charge is 0.469 e. The van der Waals surface area contributed by atoms with E-state index in [0.717, 1.165) is 10.7 Å². The normalized spacial score (nSPS) is 12.5. The lowest BCUT2D eigenvalue weighted by atomic mass is 10.2. The molecule has 0 fully saturated rings. The number of ether oxygens (including phenoxy) is 1. The second kappa shape index (κ2) is 5.07. The number of hydrogen-bond acceptors (Lipinski definition) is 5. The predicted molar refractivity (Wildman–Crippen MR) is 55.1 cm³/mol. The molecule has 1 unspecified atom stereocenters. The SMILES string of the molecule is COC(=O)CCc1csc(C(C)N)n1. The molecule has 5 heteroatoms. The van der Waals surface area contributed by atoms with E-state index in [1.807, 2.05) is 12.3 Å². The van der Waals surface area contributed by atoms with Gasteiger partial charge in [-0.2, -0.15) is 0 Å². The molecule has 1 atom stereocenters. The molecule has 0 saturated carbocycles. The van der Waals surface area contributed by atoms with Gasteiger partial charge < -0.3 is 10.5 Å². The molecule has 0 aromatic carbocycles. The summed E-state index contributed by atoms with van der Waals surface area (Å²) in [4.78, 5) is 15.2. The second-order valence-electron chi connectivity index (χ2n) is 3.04. The fourth-order valence-electron chi connectivity index (χ4n) is 0.979. The first-order chi connectivity index (χ1) is 6.63. The highest BCUT2D eigenvalue weighted by molar-refractivity contribution is 7.09. The molecule has 78 valence electrons. The van der Waals surface area contributed by atoms with E-state index >= 15 is 0 Å². The summed E-state index contributed by atoms with van der Waals surface area (Å²) in [6, 6.07) is -0.0353. The molecule has 2 N–H and O–H groups in total. The quantitative estimate of drug-likeness (QED) is 0.766. The number of nitrogens with zero attached hydrogens (tertiary/aromatic N) is 1. The van der Waals surface area contributed by atoms with Gasteiger partial charge in [0.25, 0.3) is 0 Å². The molecule has 0 saturated heterocycles. The summed E-state index contributed by atoms with van der Waals surface area (Å²) in [6.45, 7) is 1.89. The van der Waals surface area contributed by atoms with Crippen LogP contribution in [0.4, 0.5) is 0 Å². The van der Waals surface area contributed by atoms with Crippen LogP contribution in [0.5, 0.6) is 0 Å². The summed E-state index contributed by atoms with van der Waals surface area (Å²) in [5, 5.41) is 2.84. The highest BCUT2D eigenvalue weighted by atomic mass is 32.1. The lowest BCUT2D eigenvalue weighted by molar-refractivity contribution is -0.140. The van der Waals surface area contributed by atoms with Crippen LogP contribution < -0.4 is 5.73 Å². The van der Waals surface area contributed by atoms with Crippen molar-refractivity contribution >= 4 is 17.3 Å². The topological polar surface area (TPSA) is 65.2 Å². The molecule has 1 rings (SSSR count). The molecular formula is C9H14N2O2S. The number of carbonyl (C=O) groups is 1. The molecule has 0 spiro atoms. The fraction of sp³-hybridized carbons (Fsp3) is 0.556. The Hall–Kier alpha value is -0.940. The number of rotatable bonds is 4. The van der Waals surface area contributed by atoms with Crippen molar-refractivity contribution in [2.45, 2.75) is 25.8 Å². The smallest absolute Gasteiger partial charge is 0.305 e. The molecule has 4 nitrogen and oxygen atoms in total. The van der Waals surface area contributed by atoms with E-state index in [9.17, 15) is 4.79 Å². The van der Waals surface area contributed by atoms with Gasteiger partial charge in [0.1, 0.15) is 5.01 Å². The number of aryl methyl sites for hydroxylation is 1. The third kappa shape index (κ3) is 3.08. The lowest BCUT2D eigenvalue weighted by Crippen LogP contribution is -2.05. The van der Waals surface area contributed by atoms with Crippen molar-refractivity contribution < 1.29 is 9.53 Å².